The molecule has 1 rings (SSSR count). The third-order valence-corrected chi connectivity index (χ3v) is 1.84. The van der Waals surface area contributed by atoms with Crippen LogP contribution < -0.4 is 0 Å². The van der Waals surface area contributed by atoms with Gasteiger partial charge in [0, 0.05) is 5.57 Å². The number of hydrogen-bond acceptors (Lipinski definition) is 4. The molecule has 2 amide bonds. The van der Waals surface area contributed by atoms with Crippen LogP contribution in [0.3, 0.4) is 0 Å². The van der Waals surface area contributed by atoms with Gasteiger partial charge >= 0.3 is 5.97 Å². The average Bonchev–Trinajstić information content (AvgIpc) is 2.13. The number of rotatable bonds is 3. The van der Waals surface area contributed by atoms with Gasteiger partial charge in [-0.1, -0.05) is 6.58 Å². The number of β-lactam (4-membered cyclic amide) rings is 1. The van der Waals surface area contributed by atoms with Crippen molar-refractivity contribution in [3.8, 4) is 0 Å². The Morgan fingerprint density at radius 1 is 1.67 bits per heavy atom. The SMILES string of the molecule is C=C(C)C(=O)OCC(=O)N1C(=O)CC1F. The first-order valence-corrected chi connectivity index (χ1v) is 4.25. The van der Waals surface area contributed by atoms with Crippen molar-refractivity contribution in [2.24, 2.45) is 0 Å². The molecule has 0 aromatic heterocycles. The number of alkyl halides is 1. The number of likely N-dealkylation sites (tertiary alicyclic amines) is 1. The Morgan fingerprint density at radius 2 is 2.27 bits per heavy atom. The molecule has 6 heteroatoms. The number of carbonyl (C=O) groups is 3. The van der Waals surface area contributed by atoms with E-state index in [-0.39, 0.29) is 12.0 Å². The lowest BCUT2D eigenvalue weighted by atomic mass is 10.2. The van der Waals surface area contributed by atoms with Crippen LogP contribution in [0.2, 0.25) is 0 Å². The number of amides is 2. The number of ether oxygens (including phenoxy) is 1. The highest BCUT2D eigenvalue weighted by molar-refractivity contribution is 6.01. The van der Waals surface area contributed by atoms with E-state index >= 15 is 0 Å². The standard InChI is InChI=1S/C9H10FNO4/c1-5(2)9(14)15-4-8(13)11-6(10)3-7(11)12/h6H,1,3-4H2,2H3. The highest BCUT2D eigenvalue weighted by atomic mass is 19.1. The number of nitrogens with zero attached hydrogens (tertiary/aromatic N) is 1. The van der Waals surface area contributed by atoms with Gasteiger partial charge in [0.2, 0.25) is 5.91 Å². The zero-order valence-corrected chi connectivity index (χ0v) is 8.16. The van der Waals surface area contributed by atoms with Crippen LogP contribution in [0.4, 0.5) is 4.39 Å². The molecular formula is C9H10FNO4. The second-order valence-electron chi connectivity index (χ2n) is 3.15. The smallest absolute Gasteiger partial charge is 0.333 e. The molecule has 1 heterocycles. The Labute approximate surface area is 85.5 Å². The zero-order chi connectivity index (χ0) is 11.6. The lowest BCUT2D eigenvalue weighted by molar-refractivity contribution is -0.170. The topological polar surface area (TPSA) is 63.7 Å². The number of imide groups is 1. The minimum Gasteiger partial charge on any atom is -0.452 e. The van der Waals surface area contributed by atoms with Gasteiger partial charge in [0.1, 0.15) is 0 Å². The van der Waals surface area contributed by atoms with Crippen molar-refractivity contribution < 1.29 is 23.5 Å². The molecule has 0 N–H and O–H groups in total. The molecule has 0 bridgehead atoms. The van der Waals surface area contributed by atoms with Gasteiger partial charge in [-0.25, -0.2) is 14.1 Å². The van der Waals surface area contributed by atoms with Crippen LogP contribution >= 0.6 is 0 Å². The van der Waals surface area contributed by atoms with Gasteiger partial charge in [0.25, 0.3) is 5.91 Å². The molecule has 0 saturated carbocycles. The fraction of sp³-hybridized carbons (Fsp3) is 0.444. The van der Waals surface area contributed by atoms with E-state index in [1.165, 1.54) is 6.92 Å². The fourth-order valence-electron chi connectivity index (χ4n) is 0.993. The highest BCUT2D eigenvalue weighted by Gasteiger charge is 2.41. The van der Waals surface area contributed by atoms with Crippen molar-refractivity contribution in [1.29, 1.82) is 0 Å². The largest absolute Gasteiger partial charge is 0.452 e. The number of esters is 1. The second kappa shape index (κ2) is 4.20. The Kier molecular flexibility index (Phi) is 3.18. The third kappa shape index (κ3) is 2.39. The van der Waals surface area contributed by atoms with Crippen LogP contribution in [-0.4, -0.2) is 35.6 Å². The zero-order valence-electron chi connectivity index (χ0n) is 8.16. The molecule has 15 heavy (non-hydrogen) atoms. The summed E-state index contributed by atoms with van der Waals surface area (Å²) in [5.41, 5.74) is 0.134. The normalized spacial score (nSPS) is 19.5. The highest BCUT2D eigenvalue weighted by Crippen LogP contribution is 2.20. The second-order valence-corrected chi connectivity index (χ2v) is 3.15. The molecule has 1 atom stereocenters. The summed E-state index contributed by atoms with van der Waals surface area (Å²) >= 11 is 0. The van der Waals surface area contributed by atoms with Crippen LogP contribution in [-0.2, 0) is 19.1 Å². The van der Waals surface area contributed by atoms with Crippen LogP contribution in [0, 0.1) is 0 Å². The maximum absolute atomic E-state index is 12.7. The maximum atomic E-state index is 12.7. The molecule has 0 aromatic rings. The average molecular weight is 215 g/mol. The van der Waals surface area contributed by atoms with Crippen molar-refractivity contribution >= 4 is 17.8 Å². The number of hydrogen-bond donors (Lipinski definition) is 0. The van der Waals surface area contributed by atoms with E-state index in [4.69, 9.17) is 0 Å². The summed E-state index contributed by atoms with van der Waals surface area (Å²) in [7, 11) is 0. The molecule has 0 aromatic carbocycles. The van der Waals surface area contributed by atoms with Crippen LogP contribution in [0.1, 0.15) is 13.3 Å². The molecule has 5 nitrogen and oxygen atoms in total. The first kappa shape index (κ1) is 11.4. The quantitative estimate of drug-likeness (QED) is 0.291. The molecule has 1 unspecified atom stereocenters. The minimum absolute atomic E-state index is 0.134. The van der Waals surface area contributed by atoms with E-state index in [0.29, 0.717) is 4.90 Å². The Hall–Kier alpha value is -1.72. The van der Waals surface area contributed by atoms with Crippen molar-refractivity contribution in [2.45, 2.75) is 19.6 Å². The van der Waals surface area contributed by atoms with Crippen molar-refractivity contribution in [3.05, 3.63) is 12.2 Å². The summed E-state index contributed by atoms with van der Waals surface area (Å²) in [4.78, 5) is 33.2. The van der Waals surface area contributed by atoms with Crippen LogP contribution in [0.25, 0.3) is 0 Å². The third-order valence-electron chi connectivity index (χ3n) is 1.84. The number of halogens is 1. The lowest BCUT2D eigenvalue weighted by Gasteiger charge is -2.32. The molecule has 82 valence electrons. The summed E-state index contributed by atoms with van der Waals surface area (Å²) in [5.74, 6) is -2.20. The summed E-state index contributed by atoms with van der Waals surface area (Å²) in [6.07, 6.45) is -1.88. The summed E-state index contributed by atoms with van der Waals surface area (Å²) in [6, 6.07) is 0. The van der Waals surface area contributed by atoms with Crippen molar-refractivity contribution in [2.75, 3.05) is 6.61 Å². The van der Waals surface area contributed by atoms with Crippen LogP contribution in [0.15, 0.2) is 12.2 Å². The van der Waals surface area contributed by atoms with Gasteiger partial charge in [-0.15, -0.1) is 0 Å². The number of carbonyl (C=O) groups excluding carboxylic acids is 3. The van der Waals surface area contributed by atoms with Gasteiger partial charge in [0.15, 0.2) is 12.9 Å². The molecule has 1 aliphatic heterocycles. The fourth-order valence-corrected chi connectivity index (χ4v) is 0.993. The first-order chi connectivity index (χ1) is 6.93. The van der Waals surface area contributed by atoms with Gasteiger partial charge in [-0.2, -0.15) is 0 Å². The molecule has 1 saturated heterocycles. The first-order valence-electron chi connectivity index (χ1n) is 4.25. The van der Waals surface area contributed by atoms with E-state index in [1.807, 2.05) is 0 Å². The van der Waals surface area contributed by atoms with E-state index in [9.17, 15) is 18.8 Å². The summed E-state index contributed by atoms with van der Waals surface area (Å²) < 4.78 is 17.2. The van der Waals surface area contributed by atoms with Gasteiger partial charge < -0.3 is 4.74 Å². The predicted molar refractivity (Wildman–Crippen MR) is 47.1 cm³/mol. The van der Waals surface area contributed by atoms with E-state index in [0.717, 1.165) is 0 Å². The van der Waals surface area contributed by atoms with E-state index < -0.39 is 30.7 Å². The van der Waals surface area contributed by atoms with Gasteiger partial charge in [-0.3, -0.25) is 9.59 Å². The van der Waals surface area contributed by atoms with Crippen molar-refractivity contribution in [1.82, 2.24) is 4.90 Å². The van der Waals surface area contributed by atoms with E-state index in [2.05, 4.69) is 11.3 Å². The molecule has 0 radical (unpaired) electrons. The Bertz CT molecular complexity index is 339. The minimum atomic E-state index is -1.59. The molecule has 0 aliphatic carbocycles. The van der Waals surface area contributed by atoms with Gasteiger partial charge in [0.05, 0.1) is 6.42 Å². The molecule has 0 spiro atoms. The van der Waals surface area contributed by atoms with Crippen LogP contribution in [0.5, 0.6) is 0 Å². The molecule has 1 aliphatic rings. The van der Waals surface area contributed by atoms with Gasteiger partial charge in [-0.05, 0) is 6.92 Å². The Morgan fingerprint density at radius 3 is 2.67 bits per heavy atom. The Balaban J connectivity index is 2.40. The summed E-state index contributed by atoms with van der Waals surface area (Å²) in [5, 5.41) is 0. The predicted octanol–water partition coefficient (Wildman–Crippen LogP) is 0.160. The van der Waals surface area contributed by atoms with Crippen molar-refractivity contribution in [3.63, 3.8) is 0 Å². The molecular weight excluding hydrogens is 205 g/mol. The monoisotopic (exact) mass is 215 g/mol. The lowest BCUT2D eigenvalue weighted by Crippen LogP contribution is -2.54. The summed E-state index contributed by atoms with van der Waals surface area (Å²) in [6.45, 7) is 4.08. The van der Waals surface area contributed by atoms with E-state index in [1.54, 1.807) is 0 Å². The molecule has 1 fully saturated rings. The maximum Gasteiger partial charge on any atom is 0.333 e.